The van der Waals surface area contributed by atoms with Crippen LogP contribution in [0, 0.1) is 6.92 Å². The summed E-state index contributed by atoms with van der Waals surface area (Å²) in [6, 6.07) is 5.84. The van der Waals surface area contributed by atoms with E-state index in [1.807, 2.05) is 45.9 Å². The molecule has 116 valence electrons. The molecule has 0 spiro atoms. The van der Waals surface area contributed by atoms with E-state index in [9.17, 15) is 4.79 Å². The van der Waals surface area contributed by atoms with E-state index in [2.05, 4.69) is 5.32 Å². The van der Waals surface area contributed by atoms with Crippen molar-refractivity contribution in [1.29, 1.82) is 0 Å². The zero-order chi connectivity index (χ0) is 15.6. The Balaban J connectivity index is 2.24. The summed E-state index contributed by atoms with van der Waals surface area (Å²) in [6.07, 6.45) is -0.286. The highest BCUT2D eigenvalue weighted by Gasteiger charge is 2.32. The van der Waals surface area contributed by atoms with Gasteiger partial charge < -0.3 is 10.1 Å². The second-order valence-electron chi connectivity index (χ2n) is 6.42. The Kier molecular flexibility index (Phi) is 4.79. The number of ether oxygens (including phenoxy) is 1. The van der Waals surface area contributed by atoms with E-state index in [-0.39, 0.29) is 12.1 Å². The normalized spacial score (nSPS) is 19.5. The molecule has 1 amide bonds. The number of hydrogen-bond acceptors (Lipinski definition) is 3. The molecule has 1 aromatic rings. The summed E-state index contributed by atoms with van der Waals surface area (Å²) in [5, 5.41) is 4.01. The second kappa shape index (κ2) is 6.24. The van der Waals surface area contributed by atoms with E-state index >= 15 is 0 Å². The maximum Gasteiger partial charge on any atom is 0.410 e. The predicted molar refractivity (Wildman–Crippen MR) is 84.7 cm³/mol. The minimum atomic E-state index is -0.496. The average molecular weight is 311 g/mol. The van der Waals surface area contributed by atoms with Crippen molar-refractivity contribution < 1.29 is 9.53 Å². The molecule has 5 heteroatoms. The molecule has 4 nitrogen and oxygen atoms in total. The Hall–Kier alpha value is -1.26. The zero-order valence-electron chi connectivity index (χ0n) is 13.1. The van der Waals surface area contributed by atoms with Gasteiger partial charge in [-0.05, 0) is 44.9 Å². The molecule has 0 radical (unpaired) electrons. The molecule has 0 bridgehead atoms. The summed E-state index contributed by atoms with van der Waals surface area (Å²) in [7, 11) is 0. The third-order valence-electron chi connectivity index (χ3n) is 3.39. The van der Waals surface area contributed by atoms with Gasteiger partial charge in [-0.3, -0.25) is 4.90 Å². The lowest BCUT2D eigenvalue weighted by Gasteiger charge is -2.37. The molecule has 0 aromatic heterocycles. The third-order valence-corrected chi connectivity index (χ3v) is 3.71. The first-order valence-electron chi connectivity index (χ1n) is 7.24. The molecule has 1 unspecified atom stereocenters. The van der Waals surface area contributed by atoms with Crippen molar-refractivity contribution in [2.75, 3.05) is 19.6 Å². The molecule has 1 atom stereocenters. The van der Waals surface area contributed by atoms with Crippen LogP contribution in [0.1, 0.15) is 37.9 Å². The maximum absolute atomic E-state index is 12.4. The van der Waals surface area contributed by atoms with Crippen LogP contribution in [0.4, 0.5) is 4.79 Å². The van der Waals surface area contributed by atoms with Gasteiger partial charge in [0, 0.05) is 24.7 Å². The minimum absolute atomic E-state index is 0.0956. The van der Waals surface area contributed by atoms with Crippen molar-refractivity contribution in [2.24, 2.45) is 0 Å². The van der Waals surface area contributed by atoms with Crippen molar-refractivity contribution >= 4 is 17.7 Å². The number of carbonyl (C=O) groups excluding carboxylic acids is 1. The van der Waals surface area contributed by atoms with Gasteiger partial charge in [-0.2, -0.15) is 0 Å². The molecule has 0 aliphatic carbocycles. The Bertz CT molecular complexity index is 525. The molecule has 1 aromatic carbocycles. The largest absolute Gasteiger partial charge is 0.444 e. The van der Waals surface area contributed by atoms with Gasteiger partial charge in [0.25, 0.3) is 0 Å². The van der Waals surface area contributed by atoms with Crippen molar-refractivity contribution in [1.82, 2.24) is 10.2 Å². The highest BCUT2D eigenvalue weighted by Crippen LogP contribution is 2.30. The second-order valence-corrected chi connectivity index (χ2v) is 6.83. The Morgan fingerprint density at radius 2 is 2.14 bits per heavy atom. The van der Waals surface area contributed by atoms with Crippen LogP contribution in [-0.4, -0.2) is 36.2 Å². The SMILES string of the molecule is Cc1ccc(C2CNCCN2C(=O)OC(C)(C)C)c(Cl)c1. The Labute approximate surface area is 131 Å². The van der Waals surface area contributed by atoms with Crippen LogP contribution >= 0.6 is 11.6 Å². The number of carbonyl (C=O) groups is 1. The van der Waals surface area contributed by atoms with Gasteiger partial charge in [-0.15, -0.1) is 0 Å². The first-order chi connectivity index (χ1) is 9.78. The molecule has 1 aliphatic heterocycles. The summed E-state index contributed by atoms with van der Waals surface area (Å²) in [6.45, 7) is 9.69. The molecule has 1 aliphatic rings. The van der Waals surface area contributed by atoms with Crippen molar-refractivity contribution in [3.8, 4) is 0 Å². The van der Waals surface area contributed by atoms with Crippen LogP contribution in [0.2, 0.25) is 5.02 Å². The molecule has 1 N–H and O–H groups in total. The number of benzene rings is 1. The van der Waals surface area contributed by atoms with Crippen LogP contribution < -0.4 is 5.32 Å². The predicted octanol–water partition coefficient (Wildman–Crippen LogP) is 3.53. The van der Waals surface area contributed by atoms with Crippen LogP contribution in [0.25, 0.3) is 0 Å². The van der Waals surface area contributed by atoms with Crippen molar-refractivity contribution in [2.45, 2.75) is 39.3 Å². The van der Waals surface area contributed by atoms with Gasteiger partial charge in [0.2, 0.25) is 0 Å². The fourth-order valence-corrected chi connectivity index (χ4v) is 2.78. The zero-order valence-corrected chi connectivity index (χ0v) is 13.8. The van der Waals surface area contributed by atoms with Crippen LogP contribution in [0.3, 0.4) is 0 Å². The van der Waals surface area contributed by atoms with Gasteiger partial charge >= 0.3 is 6.09 Å². The van der Waals surface area contributed by atoms with E-state index in [0.717, 1.165) is 17.7 Å². The van der Waals surface area contributed by atoms with Gasteiger partial charge in [0.1, 0.15) is 5.60 Å². The topological polar surface area (TPSA) is 41.6 Å². The summed E-state index contributed by atoms with van der Waals surface area (Å²) in [5.41, 5.74) is 1.57. The van der Waals surface area contributed by atoms with Crippen LogP contribution in [0.5, 0.6) is 0 Å². The lowest BCUT2D eigenvalue weighted by molar-refractivity contribution is 0.0118. The average Bonchev–Trinajstić information content (AvgIpc) is 2.37. The smallest absolute Gasteiger partial charge is 0.410 e. The van der Waals surface area contributed by atoms with Crippen molar-refractivity contribution in [3.63, 3.8) is 0 Å². The number of hydrogen-bond donors (Lipinski definition) is 1. The summed E-state index contributed by atoms with van der Waals surface area (Å²) >= 11 is 6.36. The van der Waals surface area contributed by atoms with Gasteiger partial charge in [-0.1, -0.05) is 23.7 Å². The lowest BCUT2D eigenvalue weighted by atomic mass is 10.0. The lowest BCUT2D eigenvalue weighted by Crippen LogP contribution is -2.50. The fourth-order valence-electron chi connectivity index (χ4n) is 2.42. The van der Waals surface area contributed by atoms with Crippen LogP contribution in [0.15, 0.2) is 18.2 Å². The number of nitrogens with one attached hydrogen (secondary N) is 1. The maximum atomic E-state index is 12.4. The molecule has 0 saturated carbocycles. The molecule has 2 rings (SSSR count). The number of rotatable bonds is 1. The monoisotopic (exact) mass is 310 g/mol. The van der Waals surface area contributed by atoms with Crippen molar-refractivity contribution in [3.05, 3.63) is 34.3 Å². The molecular weight excluding hydrogens is 288 g/mol. The number of piperazine rings is 1. The number of halogens is 1. The summed E-state index contributed by atoms with van der Waals surface area (Å²) in [5.74, 6) is 0. The van der Waals surface area contributed by atoms with E-state index in [0.29, 0.717) is 18.1 Å². The first-order valence-corrected chi connectivity index (χ1v) is 7.62. The summed E-state index contributed by atoms with van der Waals surface area (Å²) in [4.78, 5) is 14.2. The van der Waals surface area contributed by atoms with E-state index in [1.165, 1.54) is 0 Å². The molecule has 1 saturated heterocycles. The highest BCUT2D eigenvalue weighted by atomic mass is 35.5. The quantitative estimate of drug-likeness (QED) is 0.863. The van der Waals surface area contributed by atoms with E-state index in [4.69, 9.17) is 16.3 Å². The molecular formula is C16H23ClN2O2. The molecule has 1 fully saturated rings. The van der Waals surface area contributed by atoms with Gasteiger partial charge in [0.05, 0.1) is 6.04 Å². The number of nitrogens with zero attached hydrogens (tertiary/aromatic N) is 1. The van der Waals surface area contributed by atoms with Crippen LogP contribution in [-0.2, 0) is 4.74 Å². The Morgan fingerprint density at radius 3 is 2.76 bits per heavy atom. The number of amides is 1. The molecule has 21 heavy (non-hydrogen) atoms. The van der Waals surface area contributed by atoms with E-state index < -0.39 is 5.60 Å². The number of aryl methyl sites for hydroxylation is 1. The van der Waals surface area contributed by atoms with Gasteiger partial charge in [-0.25, -0.2) is 4.79 Å². The first kappa shape index (κ1) is 16.1. The minimum Gasteiger partial charge on any atom is -0.444 e. The Morgan fingerprint density at radius 1 is 1.43 bits per heavy atom. The highest BCUT2D eigenvalue weighted by molar-refractivity contribution is 6.31. The molecule has 1 heterocycles. The van der Waals surface area contributed by atoms with Gasteiger partial charge in [0.15, 0.2) is 0 Å². The standard InChI is InChI=1S/C16H23ClN2O2/c1-11-5-6-12(13(17)9-11)14-10-18-7-8-19(14)15(20)21-16(2,3)4/h5-6,9,14,18H,7-8,10H2,1-4H3. The fraction of sp³-hybridized carbons (Fsp3) is 0.562. The third kappa shape index (κ3) is 4.11. The van der Waals surface area contributed by atoms with E-state index in [1.54, 1.807) is 4.90 Å². The summed E-state index contributed by atoms with van der Waals surface area (Å²) < 4.78 is 5.51.